The van der Waals surface area contributed by atoms with E-state index < -0.39 is 11.6 Å². The van der Waals surface area contributed by atoms with Crippen LogP contribution in [0.15, 0.2) is 131 Å². The van der Waals surface area contributed by atoms with E-state index in [1.54, 1.807) is 45.8 Å². The average molecular weight is 1240 g/mol. The van der Waals surface area contributed by atoms with E-state index in [1.165, 1.54) is 24.5 Å². The summed E-state index contributed by atoms with van der Waals surface area (Å²) >= 11 is 6.52. The maximum atomic E-state index is 15.1. The summed E-state index contributed by atoms with van der Waals surface area (Å²) in [6.45, 7) is 16.5. The second-order valence-electron chi connectivity index (χ2n) is 22.1. The van der Waals surface area contributed by atoms with Crippen LogP contribution in [0.4, 0.5) is 14.6 Å². The third kappa shape index (κ3) is 13.8. The summed E-state index contributed by atoms with van der Waals surface area (Å²) in [7, 11) is 0. The Morgan fingerprint density at radius 3 is 1.59 bits per heavy atom. The number of aliphatic imine (C=N–C) groups is 1. The molecule has 0 saturated carbocycles. The fourth-order valence-corrected chi connectivity index (χ4v) is 9.69. The van der Waals surface area contributed by atoms with Crippen molar-refractivity contribution < 1.29 is 32.6 Å². The topological polar surface area (TPSA) is 189 Å². The molecule has 4 aromatic carbocycles. The molecule has 0 aliphatic carbocycles. The minimum atomic E-state index is -0.556. The van der Waals surface area contributed by atoms with Crippen LogP contribution in [0.2, 0.25) is 0 Å². The lowest BCUT2D eigenvalue weighted by Crippen LogP contribution is -2.22. The third-order valence-electron chi connectivity index (χ3n) is 13.5. The maximum Gasteiger partial charge on any atom is 0.272 e. The first-order chi connectivity index (χ1) is 39.0. The number of ketones is 3. The van der Waals surface area contributed by atoms with Crippen molar-refractivity contribution in [3.63, 3.8) is 0 Å². The maximum absolute atomic E-state index is 15.1. The fraction of sp³-hybridized carbons (Fsp3) is 0.270. The van der Waals surface area contributed by atoms with E-state index in [1.807, 2.05) is 74.5 Å². The molecule has 10 rings (SSSR count). The molecule has 1 aliphatic heterocycles. The number of ether oxygens (including phenoxy) is 2. The average Bonchev–Trinajstić information content (AvgIpc) is 4.07. The minimum Gasteiger partial charge on any atom is -0.457 e. The third-order valence-corrected chi connectivity index (χ3v) is 14.5. The van der Waals surface area contributed by atoms with Crippen LogP contribution in [-0.2, 0) is 62.6 Å². The van der Waals surface area contributed by atoms with E-state index in [2.05, 4.69) is 98.3 Å². The smallest absolute Gasteiger partial charge is 0.272 e. The molecule has 0 atom stereocenters. The first-order valence-corrected chi connectivity index (χ1v) is 28.6. The summed E-state index contributed by atoms with van der Waals surface area (Å²) in [6, 6.07) is 31.8. The Morgan fingerprint density at radius 2 is 1.11 bits per heavy atom. The van der Waals surface area contributed by atoms with Crippen molar-refractivity contribution in [2.45, 2.75) is 104 Å². The Bertz CT molecular complexity index is 3990. The van der Waals surface area contributed by atoms with Gasteiger partial charge in [-0.05, 0) is 79.6 Å². The molecule has 15 nitrogen and oxygen atoms in total. The monoisotopic (exact) mass is 1230 g/mol. The van der Waals surface area contributed by atoms with Crippen molar-refractivity contribution in [1.82, 2.24) is 39.5 Å². The highest BCUT2D eigenvalue weighted by Crippen LogP contribution is 2.35. The van der Waals surface area contributed by atoms with Gasteiger partial charge in [-0.2, -0.15) is 10.2 Å². The molecular weight excluding hydrogens is 1180 g/mol. The zero-order chi connectivity index (χ0) is 58.6. The van der Waals surface area contributed by atoms with Crippen LogP contribution >= 0.6 is 31.9 Å². The molecule has 0 saturated heterocycles. The molecule has 0 radical (unpaired) electrons. The first-order valence-electron chi connectivity index (χ1n) is 26.4. The summed E-state index contributed by atoms with van der Waals surface area (Å²) in [5, 5.41) is 10.2. The van der Waals surface area contributed by atoms with Crippen LogP contribution in [0, 0.1) is 25.5 Å². The molecule has 0 unspecified atom stereocenters. The Hall–Kier alpha value is -8.16. The largest absolute Gasteiger partial charge is 0.457 e. The molecule has 0 fully saturated rings. The number of Topliss-reactive ketones (excluding diaryl/α,β-unsaturated/α-hetero) is 3. The zero-order valence-electron chi connectivity index (χ0n) is 46.5. The lowest BCUT2D eigenvalue weighted by molar-refractivity contribution is -0.118. The molecule has 1 aliphatic rings. The van der Waals surface area contributed by atoms with Crippen molar-refractivity contribution in [2.24, 2.45) is 4.99 Å². The van der Waals surface area contributed by atoms with Gasteiger partial charge in [-0.1, -0.05) is 121 Å². The number of hydrogen-bond acceptors (Lipinski definition) is 12. The lowest BCUT2D eigenvalue weighted by Gasteiger charge is -2.16. The Balaban J connectivity index is 0.000000198. The van der Waals surface area contributed by atoms with Gasteiger partial charge in [-0.15, -0.1) is 0 Å². The number of halogens is 4. The number of H-pyrrole nitrogens is 1. The predicted molar refractivity (Wildman–Crippen MR) is 318 cm³/mol. The van der Waals surface area contributed by atoms with E-state index in [4.69, 9.17) is 19.7 Å². The second kappa shape index (κ2) is 24.5. The lowest BCUT2D eigenvalue weighted by atomic mass is 9.92. The van der Waals surface area contributed by atoms with E-state index in [0.29, 0.717) is 39.4 Å². The number of pyridine rings is 2. The number of benzene rings is 4. The van der Waals surface area contributed by atoms with Crippen molar-refractivity contribution in [3.8, 4) is 34.4 Å². The van der Waals surface area contributed by atoms with Crippen LogP contribution in [0.1, 0.15) is 97.8 Å². The van der Waals surface area contributed by atoms with Gasteiger partial charge in [-0.25, -0.2) is 38.1 Å². The molecule has 6 heterocycles. The molecule has 0 spiro atoms. The highest BCUT2D eigenvalue weighted by Gasteiger charge is 2.27. The number of alkyl halides is 2. The molecule has 1 N–H and O–H groups in total. The Morgan fingerprint density at radius 1 is 0.622 bits per heavy atom. The molecule has 82 heavy (non-hydrogen) atoms. The van der Waals surface area contributed by atoms with Crippen LogP contribution in [0.5, 0.6) is 23.0 Å². The minimum absolute atomic E-state index is 0.0702. The van der Waals surface area contributed by atoms with Crippen molar-refractivity contribution in [3.05, 3.63) is 200 Å². The standard InChI is InChI=1S/C32H30BrFN4O3.C31H29BrFN5O3/c1-19-5-8-21(9-6-19)38-22(15-30(37-38)32(2,3)4)14-23(39)13-20-7-10-24(16-26(20)34)41-29-11-12-35-31-25(29)17-28(40)27(18-33)36-31;1-18-5-8-20(9-6-18)38-21(15-27(37-38)31(2,3)4)14-22(39)13-19-7-10-23(16-24(19)33)41-26-11-12-34-29-28(26)35-25(17-32)30(40)36-29/h5-12,15-16H,13-14,17-18H2,1-4H3;5-12,15-16H,13-14,17H2,1-4H3,(H,34,36,40). The molecular formula is C63H59Br2F2N9O6. The van der Waals surface area contributed by atoms with E-state index in [-0.39, 0.29) is 105 Å². The molecule has 0 amide bonds. The quantitative estimate of drug-likeness (QED) is 0.0906. The zero-order valence-corrected chi connectivity index (χ0v) is 49.7. The number of carbonyl (C=O) groups excluding carboxylic acids is 3. The van der Waals surface area contributed by atoms with Gasteiger partial charge in [0.25, 0.3) is 5.56 Å². The van der Waals surface area contributed by atoms with Gasteiger partial charge in [-0.3, -0.25) is 19.2 Å². The number of carbonyl (C=O) groups is 3. The second-order valence-corrected chi connectivity index (χ2v) is 23.2. The van der Waals surface area contributed by atoms with E-state index in [9.17, 15) is 19.2 Å². The van der Waals surface area contributed by atoms with Crippen LogP contribution in [0.25, 0.3) is 22.5 Å². The molecule has 5 aromatic heterocycles. The molecule has 0 bridgehead atoms. The number of nitrogens with zero attached hydrogens (tertiary/aromatic N) is 8. The number of fused-ring (bicyclic) bond motifs is 2. The number of aromatic nitrogens is 8. The Kier molecular flexibility index (Phi) is 17.5. The van der Waals surface area contributed by atoms with Gasteiger partial charge >= 0.3 is 0 Å². The number of aryl methyl sites for hydroxylation is 2. The van der Waals surface area contributed by atoms with Crippen molar-refractivity contribution in [2.75, 3.05) is 5.33 Å². The summed E-state index contributed by atoms with van der Waals surface area (Å²) < 4.78 is 45.7. The Labute approximate surface area is 489 Å². The van der Waals surface area contributed by atoms with Crippen LogP contribution < -0.4 is 15.0 Å². The summed E-state index contributed by atoms with van der Waals surface area (Å²) in [4.78, 5) is 70.4. The van der Waals surface area contributed by atoms with Crippen molar-refractivity contribution >= 4 is 71.9 Å². The highest BCUT2D eigenvalue weighted by molar-refractivity contribution is 9.09. The van der Waals surface area contributed by atoms with Crippen LogP contribution in [-0.4, -0.2) is 67.9 Å². The van der Waals surface area contributed by atoms with Gasteiger partial charge in [0.05, 0.1) is 45.2 Å². The van der Waals surface area contributed by atoms with Gasteiger partial charge in [0.15, 0.2) is 23.0 Å². The fourth-order valence-electron chi connectivity index (χ4n) is 8.87. The van der Waals surface area contributed by atoms with E-state index >= 15 is 8.78 Å². The summed E-state index contributed by atoms with van der Waals surface area (Å²) in [5.74, 6) is 0.114. The molecule has 9 aromatic rings. The number of hydrogen-bond donors (Lipinski definition) is 1. The first kappa shape index (κ1) is 58.5. The summed E-state index contributed by atoms with van der Waals surface area (Å²) in [6.07, 6.45) is 3.19. The SMILES string of the molecule is Cc1ccc(-n2nc(C(C)(C)C)cc2CC(=O)Cc2ccc(Oc3ccnc4[nH]c(=O)c(CBr)nc34)cc2F)cc1.Cc1ccc(-n2nc(C(C)(C)C)cc2CC(=O)Cc2ccc(Oc3ccnc4c3CC(=O)C(CBr)=N4)cc2F)cc1. The predicted octanol–water partition coefficient (Wildman–Crippen LogP) is 13.0. The summed E-state index contributed by atoms with van der Waals surface area (Å²) in [5.41, 5.74) is 8.90. The number of nitrogens with one attached hydrogen (secondary N) is 1. The van der Waals surface area contributed by atoms with E-state index in [0.717, 1.165) is 45.3 Å². The number of aromatic amines is 1. The van der Waals surface area contributed by atoms with Crippen molar-refractivity contribution in [1.29, 1.82) is 0 Å². The molecule has 420 valence electrons. The van der Waals surface area contributed by atoms with Gasteiger partial charge < -0.3 is 14.5 Å². The van der Waals surface area contributed by atoms with Gasteiger partial charge in [0.2, 0.25) is 0 Å². The number of rotatable bonds is 16. The van der Waals surface area contributed by atoms with Gasteiger partial charge in [0.1, 0.15) is 51.7 Å². The highest BCUT2D eigenvalue weighted by atomic mass is 79.9. The van der Waals surface area contributed by atoms with Gasteiger partial charge in [0, 0.05) is 84.4 Å². The van der Waals surface area contributed by atoms with Crippen LogP contribution in [0.3, 0.4) is 0 Å². The normalized spacial score (nSPS) is 12.4. The molecule has 19 heteroatoms.